The highest BCUT2D eigenvalue weighted by Gasteiger charge is 2.23. The number of nitrogens with two attached hydrogens (primary N) is 1. The molecule has 1 aromatic carbocycles. The topological polar surface area (TPSA) is 83.4 Å². The van der Waals surface area contributed by atoms with Crippen LogP contribution in [0.5, 0.6) is 0 Å². The van der Waals surface area contributed by atoms with E-state index in [0.717, 1.165) is 12.1 Å². The number of hydrogen-bond acceptors (Lipinski definition) is 6. The molecule has 0 saturated carbocycles. The first kappa shape index (κ1) is 12.9. The summed E-state index contributed by atoms with van der Waals surface area (Å²) in [6.07, 6.45) is -0.437. The molecule has 1 atom stereocenters. The van der Waals surface area contributed by atoms with Crippen molar-refractivity contribution in [3.05, 3.63) is 29.6 Å². The van der Waals surface area contributed by atoms with Crippen molar-refractivity contribution in [1.82, 2.24) is 10.1 Å². The number of hydrogen-bond donors (Lipinski definition) is 1. The summed E-state index contributed by atoms with van der Waals surface area (Å²) in [7, 11) is 0. The molecular weight excluding hydrogens is 272 g/mol. The van der Waals surface area contributed by atoms with Gasteiger partial charge in [-0.3, -0.25) is 0 Å². The Hall–Kier alpha value is -2.06. The number of nitrogens with zero attached hydrogens (tertiary/aromatic N) is 2. The van der Waals surface area contributed by atoms with Crippen LogP contribution >= 0.6 is 0 Å². The highest BCUT2D eigenvalue weighted by molar-refractivity contribution is 5.70. The van der Waals surface area contributed by atoms with Crippen molar-refractivity contribution in [2.45, 2.75) is 6.10 Å². The van der Waals surface area contributed by atoms with E-state index in [1.54, 1.807) is 0 Å². The van der Waals surface area contributed by atoms with Crippen molar-refractivity contribution in [3.8, 4) is 11.5 Å². The Morgan fingerprint density at radius 1 is 1.20 bits per heavy atom. The Bertz CT molecular complexity index is 626. The molecule has 2 aromatic rings. The van der Waals surface area contributed by atoms with Crippen LogP contribution in [0.3, 0.4) is 0 Å². The predicted octanol–water partition coefficient (Wildman–Crippen LogP) is 1.68. The zero-order valence-electron chi connectivity index (χ0n) is 10.3. The molecule has 0 bridgehead atoms. The normalized spacial score (nSPS) is 19.2. The fraction of sp³-hybridized carbons (Fsp3) is 0.333. The maximum Gasteiger partial charge on any atom is 0.260 e. The molecule has 20 heavy (non-hydrogen) atoms. The number of halogens is 2. The second kappa shape index (κ2) is 5.14. The molecule has 0 spiro atoms. The van der Waals surface area contributed by atoms with Crippen molar-refractivity contribution in [3.63, 3.8) is 0 Å². The molecule has 8 heteroatoms. The average Bonchev–Trinajstić information content (AvgIpc) is 2.93. The molecule has 1 aromatic heterocycles. The molecule has 2 heterocycles. The van der Waals surface area contributed by atoms with Gasteiger partial charge in [0.25, 0.3) is 5.89 Å². The molecule has 6 nitrogen and oxygen atoms in total. The second-order valence-corrected chi connectivity index (χ2v) is 4.25. The number of aromatic nitrogens is 2. The molecule has 106 valence electrons. The molecular formula is C12H11F2N3O3. The van der Waals surface area contributed by atoms with Gasteiger partial charge in [0.05, 0.1) is 25.4 Å². The van der Waals surface area contributed by atoms with Crippen molar-refractivity contribution >= 4 is 5.69 Å². The molecule has 1 saturated heterocycles. The van der Waals surface area contributed by atoms with Crippen LogP contribution in [-0.2, 0) is 9.47 Å². The molecule has 3 rings (SSSR count). The monoisotopic (exact) mass is 283 g/mol. The molecule has 1 aliphatic rings. The Labute approximate surface area is 112 Å². The minimum Gasteiger partial charge on any atom is -0.398 e. The molecule has 1 unspecified atom stereocenters. The van der Waals surface area contributed by atoms with Crippen LogP contribution in [0.4, 0.5) is 14.5 Å². The molecule has 0 amide bonds. The lowest BCUT2D eigenvalue weighted by atomic mass is 10.1. The Balaban J connectivity index is 1.91. The average molecular weight is 283 g/mol. The lowest BCUT2D eigenvalue weighted by Crippen LogP contribution is -2.22. The third-order valence-corrected chi connectivity index (χ3v) is 2.87. The Kier molecular flexibility index (Phi) is 3.33. The largest absolute Gasteiger partial charge is 0.398 e. The molecule has 1 fully saturated rings. The molecule has 2 N–H and O–H groups in total. The van der Waals surface area contributed by atoms with Gasteiger partial charge in [-0.05, 0) is 6.07 Å². The van der Waals surface area contributed by atoms with Crippen LogP contribution in [0.1, 0.15) is 11.9 Å². The smallest absolute Gasteiger partial charge is 0.260 e. The van der Waals surface area contributed by atoms with E-state index in [2.05, 4.69) is 10.1 Å². The van der Waals surface area contributed by atoms with E-state index in [4.69, 9.17) is 19.7 Å². The van der Waals surface area contributed by atoms with Gasteiger partial charge in [0.1, 0.15) is 6.10 Å². The first-order valence-corrected chi connectivity index (χ1v) is 5.93. The number of anilines is 1. The van der Waals surface area contributed by atoms with Gasteiger partial charge in [-0.25, -0.2) is 8.78 Å². The third kappa shape index (κ3) is 2.35. The van der Waals surface area contributed by atoms with Crippen molar-refractivity contribution in [2.24, 2.45) is 0 Å². The Morgan fingerprint density at radius 3 is 2.75 bits per heavy atom. The number of benzene rings is 1. The minimum absolute atomic E-state index is 0.00516. The minimum atomic E-state index is -1.04. The summed E-state index contributed by atoms with van der Waals surface area (Å²) < 4.78 is 41.9. The highest BCUT2D eigenvalue weighted by Crippen LogP contribution is 2.28. The van der Waals surface area contributed by atoms with Gasteiger partial charge in [0, 0.05) is 11.8 Å². The summed E-state index contributed by atoms with van der Waals surface area (Å²) in [6.45, 7) is 1.26. The Morgan fingerprint density at radius 2 is 2.00 bits per heavy atom. The fourth-order valence-electron chi connectivity index (χ4n) is 1.86. The summed E-state index contributed by atoms with van der Waals surface area (Å²) in [5.74, 6) is -1.78. The van der Waals surface area contributed by atoms with Crippen molar-refractivity contribution in [2.75, 3.05) is 25.6 Å². The SMILES string of the molecule is Nc1cc(F)c(F)cc1-c1nc(C2COCCO2)no1. The maximum absolute atomic E-state index is 13.2. The van der Waals surface area contributed by atoms with E-state index in [9.17, 15) is 8.78 Å². The van der Waals surface area contributed by atoms with E-state index in [-0.39, 0.29) is 23.0 Å². The van der Waals surface area contributed by atoms with E-state index >= 15 is 0 Å². The van der Waals surface area contributed by atoms with Crippen LogP contribution in [0, 0.1) is 11.6 Å². The quantitative estimate of drug-likeness (QED) is 0.844. The van der Waals surface area contributed by atoms with E-state index in [0.29, 0.717) is 19.8 Å². The molecule has 1 aliphatic heterocycles. The third-order valence-electron chi connectivity index (χ3n) is 2.87. The number of nitrogen functional groups attached to an aromatic ring is 1. The van der Waals surface area contributed by atoms with Gasteiger partial charge < -0.3 is 19.7 Å². The predicted molar refractivity (Wildman–Crippen MR) is 63.6 cm³/mol. The maximum atomic E-state index is 13.2. The van der Waals surface area contributed by atoms with Crippen LogP contribution in [0.25, 0.3) is 11.5 Å². The zero-order chi connectivity index (χ0) is 14.1. The van der Waals surface area contributed by atoms with Gasteiger partial charge >= 0.3 is 0 Å². The van der Waals surface area contributed by atoms with E-state index in [1.807, 2.05) is 0 Å². The summed E-state index contributed by atoms with van der Waals surface area (Å²) >= 11 is 0. The van der Waals surface area contributed by atoms with Crippen LogP contribution in [-0.4, -0.2) is 30.0 Å². The van der Waals surface area contributed by atoms with Gasteiger partial charge in [-0.2, -0.15) is 4.98 Å². The van der Waals surface area contributed by atoms with E-state index in [1.165, 1.54) is 0 Å². The standard InChI is InChI=1S/C12H11F2N3O3/c13-7-3-6(9(15)4-8(7)14)12-16-11(17-20-12)10-5-18-1-2-19-10/h3-4,10H,1-2,5,15H2. The number of rotatable bonds is 2. The molecule has 0 radical (unpaired) electrons. The first-order chi connectivity index (χ1) is 9.65. The zero-order valence-corrected chi connectivity index (χ0v) is 10.3. The van der Waals surface area contributed by atoms with Gasteiger partial charge in [0.2, 0.25) is 5.82 Å². The number of ether oxygens (including phenoxy) is 2. The van der Waals surface area contributed by atoms with Crippen molar-refractivity contribution < 1.29 is 22.8 Å². The van der Waals surface area contributed by atoms with Crippen LogP contribution < -0.4 is 5.73 Å². The van der Waals surface area contributed by atoms with Crippen LogP contribution in [0.2, 0.25) is 0 Å². The van der Waals surface area contributed by atoms with Gasteiger partial charge in [-0.15, -0.1) is 0 Å². The van der Waals surface area contributed by atoms with Gasteiger partial charge in [0.15, 0.2) is 11.6 Å². The summed E-state index contributed by atoms with van der Waals surface area (Å²) in [6, 6.07) is 1.79. The van der Waals surface area contributed by atoms with E-state index < -0.39 is 17.7 Å². The summed E-state index contributed by atoms with van der Waals surface area (Å²) in [4.78, 5) is 4.08. The lowest BCUT2D eigenvalue weighted by molar-refractivity contribution is -0.0941. The van der Waals surface area contributed by atoms with Gasteiger partial charge in [-0.1, -0.05) is 5.16 Å². The lowest BCUT2D eigenvalue weighted by Gasteiger charge is -2.19. The highest BCUT2D eigenvalue weighted by atomic mass is 19.2. The second-order valence-electron chi connectivity index (χ2n) is 4.25. The van der Waals surface area contributed by atoms with Crippen molar-refractivity contribution in [1.29, 1.82) is 0 Å². The van der Waals surface area contributed by atoms with Crippen LogP contribution in [0.15, 0.2) is 16.7 Å². The molecule has 0 aliphatic carbocycles. The first-order valence-electron chi connectivity index (χ1n) is 5.93. The summed E-state index contributed by atoms with van der Waals surface area (Å²) in [5.41, 5.74) is 5.77. The summed E-state index contributed by atoms with van der Waals surface area (Å²) in [5, 5.41) is 3.75. The fourth-order valence-corrected chi connectivity index (χ4v) is 1.86.